The Morgan fingerprint density at radius 2 is 1.90 bits per heavy atom. The van der Waals surface area contributed by atoms with Gasteiger partial charge in [-0.05, 0) is 40.8 Å². The van der Waals surface area contributed by atoms with E-state index in [1.807, 2.05) is 64.7 Å². The van der Waals surface area contributed by atoms with Gasteiger partial charge in [-0.15, -0.1) is 11.3 Å². The third-order valence-corrected chi connectivity index (χ3v) is 6.87. The van der Waals surface area contributed by atoms with Crippen LogP contribution < -0.4 is 5.32 Å². The predicted molar refractivity (Wildman–Crippen MR) is 116 cm³/mol. The molecule has 1 saturated heterocycles. The van der Waals surface area contributed by atoms with Crippen molar-refractivity contribution >= 4 is 45.4 Å². The Kier molecular flexibility index (Phi) is 4.22. The van der Waals surface area contributed by atoms with Gasteiger partial charge in [0.2, 0.25) is 0 Å². The minimum Gasteiger partial charge on any atom is -0.319 e. The van der Waals surface area contributed by atoms with Crippen LogP contribution in [-0.2, 0) is 16.9 Å². The van der Waals surface area contributed by atoms with Crippen LogP contribution >= 0.6 is 22.7 Å². The molecule has 0 radical (unpaired) electrons. The van der Waals surface area contributed by atoms with E-state index in [2.05, 4.69) is 10.3 Å². The smallest absolute Gasteiger partial charge is 0.319 e. The molecule has 1 unspecified atom stereocenters. The second-order valence-corrected chi connectivity index (χ2v) is 8.80. The summed E-state index contributed by atoms with van der Waals surface area (Å²) in [5, 5.41) is 11.8. The monoisotopic (exact) mass is 419 g/mol. The number of imide groups is 1. The number of carbonyl (C=O) groups is 2. The van der Waals surface area contributed by atoms with Crippen molar-refractivity contribution in [3.05, 3.63) is 75.9 Å². The predicted octanol–water partition coefficient (Wildman–Crippen LogP) is 4.99. The molecule has 5 rings (SSSR count). The average Bonchev–Trinajstić information content (AvgIpc) is 3.46. The zero-order valence-corrected chi connectivity index (χ0v) is 17.2. The van der Waals surface area contributed by atoms with Crippen molar-refractivity contribution in [3.8, 4) is 10.6 Å². The van der Waals surface area contributed by atoms with E-state index in [4.69, 9.17) is 0 Å². The fourth-order valence-corrected chi connectivity index (χ4v) is 5.12. The number of benzene rings is 2. The van der Waals surface area contributed by atoms with Gasteiger partial charge in [-0.25, -0.2) is 9.78 Å². The van der Waals surface area contributed by atoms with Gasteiger partial charge in [-0.1, -0.05) is 36.4 Å². The van der Waals surface area contributed by atoms with Crippen LogP contribution in [-0.4, -0.2) is 21.8 Å². The summed E-state index contributed by atoms with van der Waals surface area (Å²) in [6.07, 6.45) is 0. The number of aromatic nitrogens is 1. The van der Waals surface area contributed by atoms with E-state index in [0.717, 1.165) is 26.9 Å². The molecule has 7 heteroatoms. The van der Waals surface area contributed by atoms with Gasteiger partial charge < -0.3 is 5.32 Å². The SMILES string of the molecule is CC1(c2ccc3ccccc3c2)NC(=O)N(Cc2csc(-c3ccsc3)n2)C1=O. The highest BCUT2D eigenvalue weighted by atomic mass is 32.1. The second kappa shape index (κ2) is 6.79. The highest BCUT2D eigenvalue weighted by Gasteiger charge is 2.49. The second-order valence-electron chi connectivity index (χ2n) is 7.16. The molecule has 4 aromatic rings. The van der Waals surface area contributed by atoms with Crippen LogP contribution in [0.1, 0.15) is 18.2 Å². The summed E-state index contributed by atoms with van der Waals surface area (Å²) in [7, 11) is 0. The van der Waals surface area contributed by atoms with Crippen LogP contribution in [0.2, 0.25) is 0 Å². The van der Waals surface area contributed by atoms with Gasteiger partial charge in [0.15, 0.2) is 0 Å². The number of carbonyl (C=O) groups excluding carboxylic acids is 2. The average molecular weight is 420 g/mol. The van der Waals surface area contributed by atoms with Gasteiger partial charge >= 0.3 is 6.03 Å². The lowest BCUT2D eigenvalue weighted by Gasteiger charge is -2.22. The van der Waals surface area contributed by atoms with E-state index in [1.165, 1.54) is 16.2 Å². The maximum Gasteiger partial charge on any atom is 0.325 e. The molecule has 1 N–H and O–H groups in total. The summed E-state index contributed by atoms with van der Waals surface area (Å²) in [5.41, 5.74) is 1.45. The van der Waals surface area contributed by atoms with Crippen LogP contribution in [0.4, 0.5) is 4.79 Å². The summed E-state index contributed by atoms with van der Waals surface area (Å²) in [4.78, 5) is 31.7. The van der Waals surface area contributed by atoms with Crippen LogP contribution in [0.25, 0.3) is 21.3 Å². The maximum absolute atomic E-state index is 13.2. The van der Waals surface area contributed by atoms with E-state index in [-0.39, 0.29) is 12.5 Å². The Morgan fingerprint density at radius 3 is 2.69 bits per heavy atom. The minimum atomic E-state index is -1.09. The van der Waals surface area contributed by atoms with E-state index in [1.54, 1.807) is 18.3 Å². The molecule has 144 valence electrons. The van der Waals surface area contributed by atoms with Gasteiger partial charge in [0.25, 0.3) is 5.91 Å². The lowest BCUT2D eigenvalue weighted by molar-refractivity contribution is -0.131. The Bertz CT molecular complexity index is 1230. The molecule has 1 aliphatic rings. The third-order valence-electron chi connectivity index (χ3n) is 5.24. The van der Waals surface area contributed by atoms with Gasteiger partial charge in [0, 0.05) is 16.3 Å². The number of fused-ring (bicyclic) bond motifs is 1. The van der Waals surface area contributed by atoms with Crippen molar-refractivity contribution in [1.82, 2.24) is 15.2 Å². The van der Waals surface area contributed by atoms with Gasteiger partial charge in [0.1, 0.15) is 10.5 Å². The number of thiophene rings is 1. The molecule has 29 heavy (non-hydrogen) atoms. The van der Waals surface area contributed by atoms with Crippen molar-refractivity contribution in [1.29, 1.82) is 0 Å². The summed E-state index contributed by atoms with van der Waals surface area (Å²) < 4.78 is 0. The van der Waals surface area contributed by atoms with E-state index in [0.29, 0.717) is 5.69 Å². The molecule has 5 nitrogen and oxygen atoms in total. The molecular formula is C22H17N3O2S2. The summed E-state index contributed by atoms with van der Waals surface area (Å²) in [6, 6.07) is 15.4. The summed E-state index contributed by atoms with van der Waals surface area (Å²) in [5.74, 6) is -0.261. The van der Waals surface area contributed by atoms with Crippen LogP contribution in [0.15, 0.2) is 64.7 Å². The first-order valence-electron chi connectivity index (χ1n) is 9.15. The molecule has 0 bridgehead atoms. The fraction of sp³-hybridized carbons (Fsp3) is 0.136. The number of thiazole rings is 1. The first-order chi connectivity index (χ1) is 14.0. The molecule has 3 amide bonds. The zero-order valence-electron chi connectivity index (χ0n) is 15.6. The number of urea groups is 1. The summed E-state index contributed by atoms with van der Waals surface area (Å²) >= 11 is 3.13. The number of amides is 3. The highest BCUT2D eigenvalue weighted by Crippen LogP contribution is 2.32. The minimum absolute atomic E-state index is 0.161. The first kappa shape index (κ1) is 18.0. The zero-order chi connectivity index (χ0) is 20.0. The van der Waals surface area contributed by atoms with Crippen molar-refractivity contribution in [2.24, 2.45) is 0 Å². The van der Waals surface area contributed by atoms with E-state index >= 15 is 0 Å². The molecule has 1 atom stereocenters. The van der Waals surface area contributed by atoms with Crippen molar-refractivity contribution in [2.75, 3.05) is 0 Å². The largest absolute Gasteiger partial charge is 0.325 e. The molecule has 0 spiro atoms. The molecule has 1 aliphatic heterocycles. The van der Waals surface area contributed by atoms with Crippen LogP contribution in [0.5, 0.6) is 0 Å². The Balaban J connectivity index is 1.43. The van der Waals surface area contributed by atoms with E-state index in [9.17, 15) is 9.59 Å². The normalized spacial score (nSPS) is 19.1. The van der Waals surface area contributed by atoms with Crippen molar-refractivity contribution < 1.29 is 9.59 Å². The Labute approximate surface area is 175 Å². The molecule has 2 aromatic heterocycles. The fourth-order valence-electron chi connectivity index (χ4n) is 3.60. The first-order valence-corrected chi connectivity index (χ1v) is 11.0. The van der Waals surface area contributed by atoms with Crippen LogP contribution in [0.3, 0.4) is 0 Å². The van der Waals surface area contributed by atoms with Gasteiger partial charge in [-0.2, -0.15) is 11.3 Å². The molecule has 3 heterocycles. The third kappa shape index (κ3) is 3.03. The van der Waals surface area contributed by atoms with E-state index < -0.39 is 11.6 Å². The number of rotatable bonds is 4. The topological polar surface area (TPSA) is 62.3 Å². The number of nitrogens with zero attached hydrogens (tertiary/aromatic N) is 2. The molecule has 0 aliphatic carbocycles. The molecular weight excluding hydrogens is 402 g/mol. The van der Waals surface area contributed by atoms with Crippen molar-refractivity contribution in [3.63, 3.8) is 0 Å². The number of hydrogen-bond donors (Lipinski definition) is 1. The highest BCUT2D eigenvalue weighted by molar-refractivity contribution is 7.14. The lowest BCUT2D eigenvalue weighted by atomic mass is 9.90. The lowest BCUT2D eigenvalue weighted by Crippen LogP contribution is -2.40. The quantitative estimate of drug-likeness (QED) is 0.474. The summed E-state index contributed by atoms with van der Waals surface area (Å²) in [6.45, 7) is 1.92. The Hall–Kier alpha value is -3.03. The maximum atomic E-state index is 13.2. The van der Waals surface area contributed by atoms with Crippen molar-refractivity contribution in [2.45, 2.75) is 19.0 Å². The molecule has 0 saturated carbocycles. The molecule has 1 fully saturated rings. The Morgan fingerprint density at radius 1 is 1.07 bits per heavy atom. The number of nitrogens with one attached hydrogen (secondary N) is 1. The van der Waals surface area contributed by atoms with Gasteiger partial charge in [-0.3, -0.25) is 9.69 Å². The standard InChI is InChI=1S/C22H17N3O2S2/c1-22(17-7-6-14-4-2-3-5-15(14)10-17)20(26)25(21(27)24-22)11-18-13-29-19(23-18)16-8-9-28-12-16/h2-10,12-13H,11H2,1H3,(H,24,27). The van der Waals surface area contributed by atoms with Gasteiger partial charge in [0.05, 0.1) is 12.2 Å². The van der Waals surface area contributed by atoms with Crippen LogP contribution in [0, 0.1) is 0 Å². The number of hydrogen-bond acceptors (Lipinski definition) is 5. The molecule has 2 aromatic carbocycles.